The fourth-order valence-corrected chi connectivity index (χ4v) is 3.75. The zero-order valence-electron chi connectivity index (χ0n) is 16.7. The van der Waals surface area contributed by atoms with Crippen LogP contribution in [-0.4, -0.2) is 26.4 Å². The summed E-state index contributed by atoms with van der Waals surface area (Å²) >= 11 is 7.02. The maximum Gasteiger partial charge on any atom is 0.234 e. The number of amides is 1. The third-order valence-corrected chi connectivity index (χ3v) is 5.66. The van der Waals surface area contributed by atoms with Gasteiger partial charge in [0.05, 0.1) is 10.8 Å². The van der Waals surface area contributed by atoms with Crippen LogP contribution in [0, 0.1) is 5.82 Å². The van der Waals surface area contributed by atoms with Crippen molar-refractivity contribution >= 4 is 35.0 Å². The summed E-state index contributed by atoms with van der Waals surface area (Å²) in [5, 5.41) is 11.8. The molecule has 1 amide bonds. The van der Waals surface area contributed by atoms with Crippen LogP contribution in [0.4, 0.5) is 10.1 Å². The molecule has 8 heteroatoms. The number of nitrogens with one attached hydrogen (secondary N) is 1. The first-order valence-corrected chi connectivity index (χ1v) is 10.8. The van der Waals surface area contributed by atoms with Crippen molar-refractivity contribution in [2.75, 3.05) is 11.1 Å². The van der Waals surface area contributed by atoms with E-state index in [1.54, 1.807) is 6.08 Å². The molecule has 0 aliphatic carbocycles. The molecule has 0 bridgehead atoms. The lowest BCUT2D eigenvalue weighted by Crippen LogP contribution is -2.14. The van der Waals surface area contributed by atoms with E-state index in [1.807, 2.05) is 16.7 Å². The number of hydrogen-bond donors (Lipinski definition) is 1. The summed E-state index contributed by atoms with van der Waals surface area (Å²) in [6.07, 6.45) is 1.76. The van der Waals surface area contributed by atoms with Crippen molar-refractivity contribution in [2.45, 2.75) is 31.5 Å². The highest BCUT2D eigenvalue weighted by molar-refractivity contribution is 7.99. The van der Waals surface area contributed by atoms with Crippen molar-refractivity contribution in [3.63, 3.8) is 0 Å². The summed E-state index contributed by atoms with van der Waals surface area (Å²) in [6.45, 7) is 8.62. The minimum absolute atomic E-state index is 0.0423. The number of rotatable bonds is 8. The molecule has 3 rings (SSSR count). The number of aromatic nitrogens is 3. The summed E-state index contributed by atoms with van der Waals surface area (Å²) in [4.78, 5) is 12.3. The Bertz CT molecular complexity index is 1050. The van der Waals surface area contributed by atoms with Gasteiger partial charge in [0, 0.05) is 17.8 Å². The van der Waals surface area contributed by atoms with Crippen LogP contribution in [0.1, 0.15) is 25.3 Å². The van der Waals surface area contributed by atoms with Crippen molar-refractivity contribution in [2.24, 2.45) is 0 Å². The Labute approximate surface area is 184 Å². The van der Waals surface area contributed by atoms with Crippen molar-refractivity contribution in [1.82, 2.24) is 14.8 Å². The Balaban J connectivity index is 1.72. The van der Waals surface area contributed by atoms with Crippen LogP contribution >= 0.6 is 23.4 Å². The van der Waals surface area contributed by atoms with Gasteiger partial charge in [0.25, 0.3) is 0 Å². The summed E-state index contributed by atoms with van der Waals surface area (Å²) in [5.41, 5.74) is 2.64. The molecule has 0 aliphatic rings. The molecule has 0 atom stereocenters. The van der Waals surface area contributed by atoms with Gasteiger partial charge in [-0.2, -0.15) is 0 Å². The molecular weight excluding hydrogens is 423 g/mol. The van der Waals surface area contributed by atoms with Gasteiger partial charge in [0.15, 0.2) is 11.0 Å². The number of hydrogen-bond acceptors (Lipinski definition) is 4. The summed E-state index contributed by atoms with van der Waals surface area (Å²) in [6, 6.07) is 12.3. The van der Waals surface area contributed by atoms with E-state index in [1.165, 1.54) is 35.5 Å². The lowest BCUT2D eigenvalue weighted by molar-refractivity contribution is -0.113. The van der Waals surface area contributed by atoms with E-state index < -0.39 is 5.82 Å². The second-order valence-electron chi connectivity index (χ2n) is 6.95. The van der Waals surface area contributed by atoms with Gasteiger partial charge >= 0.3 is 0 Å². The number of carbonyl (C=O) groups excluding carboxylic acids is 1. The van der Waals surface area contributed by atoms with Crippen LogP contribution in [0.25, 0.3) is 11.4 Å². The van der Waals surface area contributed by atoms with E-state index in [-0.39, 0.29) is 16.7 Å². The number of nitrogens with zero attached hydrogens (tertiary/aromatic N) is 3. The van der Waals surface area contributed by atoms with E-state index in [4.69, 9.17) is 11.6 Å². The number of allylic oxidation sites excluding steroid dienone is 1. The van der Waals surface area contributed by atoms with Gasteiger partial charge in [0.2, 0.25) is 5.91 Å². The van der Waals surface area contributed by atoms with Crippen molar-refractivity contribution < 1.29 is 9.18 Å². The Hall–Kier alpha value is -2.64. The van der Waals surface area contributed by atoms with Crippen molar-refractivity contribution in [3.8, 4) is 11.4 Å². The zero-order chi connectivity index (χ0) is 21.7. The summed E-state index contributed by atoms with van der Waals surface area (Å²) in [5.74, 6) is 0.509. The molecular formula is C22H22ClFN4OS. The van der Waals surface area contributed by atoms with Gasteiger partial charge in [-0.1, -0.05) is 67.6 Å². The molecule has 0 unspecified atom stereocenters. The lowest BCUT2D eigenvalue weighted by atomic mass is 10.0. The first-order valence-electron chi connectivity index (χ1n) is 9.41. The van der Waals surface area contributed by atoms with E-state index in [9.17, 15) is 9.18 Å². The third kappa shape index (κ3) is 5.29. The van der Waals surface area contributed by atoms with Gasteiger partial charge in [0.1, 0.15) is 5.82 Å². The van der Waals surface area contributed by atoms with E-state index in [0.29, 0.717) is 23.3 Å². The van der Waals surface area contributed by atoms with Crippen molar-refractivity contribution in [1.29, 1.82) is 0 Å². The predicted octanol–water partition coefficient (Wildman–Crippen LogP) is 5.78. The quantitative estimate of drug-likeness (QED) is 0.353. The van der Waals surface area contributed by atoms with Crippen LogP contribution in [0.5, 0.6) is 0 Å². The second-order valence-corrected chi connectivity index (χ2v) is 8.30. The zero-order valence-corrected chi connectivity index (χ0v) is 18.3. The third-order valence-electron chi connectivity index (χ3n) is 4.40. The van der Waals surface area contributed by atoms with Crippen LogP contribution in [-0.2, 0) is 11.3 Å². The SMILES string of the molecule is C=CCn1c(SCC(=O)Nc2ccc(F)c(Cl)c2)nnc1-c1ccc(C(C)C)cc1. The largest absolute Gasteiger partial charge is 0.325 e. The number of anilines is 1. The van der Waals surface area contributed by atoms with Gasteiger partial charge in [-0.15, -0.1) is 16.8 Å². The standard InChI is InChI=1S/C22H22ClFN4OS/c1-4-11-28-21(16-7-5-15(6-8-16)14(2)3)26-27-22(28)30-13-20(29)25-17-9-10-19(24)18(23)12-17/h4-10,12,14H,1,11,13H2,2-3H3,(H,25,29). The number of halogens is 2. The van der Waals surface area contributed by atoms with E-state index in [0.717, 1.165) is 11.4 Å². The molecule has 30 heavy (non-hydrogen) atoms. The number of carbonyl (C=O) groups is 1. The van der Waals surface area contributed by atoms with Gasteiger partial charge in [-0.3, -0.25) is 9.36 Å². The Morgan fingerprint density at radius 1 is 1.27 bits per heavy atom. The summed E-state index contributed by atoms with van der Waals surface area (Å²) < 4.78 is 15.2. The van der Waals surface area contributed by atoms with Crippen molar-refractivity contribution in [3.05, 3.63) is 71.5 Å². The first kappa shape index (κ1) is 22.1. The predicted molar refractivity (Wildman–Crippen MR) is 121 cm³/mol. The van der Waals surface area contributed by atoms with Gasteiger partial charge < -0.3 is 5.32 Å². The smallest absolute Gasteiger partial charge is 0.234 e. The fourth-order valence-electron chi connectivity index (χ4n) is 2.82. The van der Waals surface area contributed by atoms with Crippen LogP contribution in [0.15, 0.2) is 60.3 Å². The summed E-state index contributed by atoms with van der Waals surface area (Å²) in [7, 11) is 0. The highest BCUT2D eigenvalue weighted by Gasteiger charge is 2.15. The molecule has 1 heterocycles. The van der Waals surface area contributed by atoms with Crippen LogP contribution < -0.4 is 5.32 Å². The maximum absolute atomic E-state index is 13.3. The Morgan fingerprint density at radius 3 is 2.63 bits per heavy atom. The molecule has 0 saturated heterocycles. The average molecular weight is 445 g/mol. The molecule has 0 spiro atoms. The first-order chi connectivity index (χ1) is 14.4. The molecule has 0 aliphatic heterocycles. The van der Waals surface area contributed by atoms with Gasteiger partial charge in [-0.05, 0) is 29.7 Å². The Kier molecular flexibility index (Phi) is 7.29. The molecule has 5 nitrogen and oxygen atoms in total. The fraction of sp³-hybridized carbons (Fsp3) is 0.227. The highest BCUT2D eigenvalue weighted by atomic mass is 35.5. The Morgan fingerprint density at radius 2 is 2.00 bits per heavy atom. The molecule has 0 radical (unpaired) electrons. The molecule has 2 aromatic carbocycles. The second kappa shape index (κ2) is 9.91. The van der Waals surface area contributed by atoms with Crippen LogP contribution in [0.2, 0.25) is 5.02 Å². The van der Waals surface area contributed by atoms with Gasteiger partial charge in [-0.25, -0.2) is 4.39 Å². The van der Waals surface area contributed by atoms with E-state index in [2.05, 4.69) is 48.1 Å². The van der Waals surface area contributed by atoms with Crippen LogP contribution in [0.3, 0.4) is 0 Å². The maximum atomic E-state index is 13.3. The minimum Gasteiger partial charge on any atom is -0.325 e. The highest BCUT2D eigenvalue weighted by Crippen LogP contribution is 2.26. The normalized spacial score (nSPS) is 11.0. The number of benzene rings is 2. The topological polar surface area (TPSA) is 59.8 Å². The molecule has 1 N–H and O–H groups in total. The van der Waals surface area contributed by atoms with E-state index >= 15 is 0 Å². The monoisotopic (exact) mass is 444 g/mol. The molecule has 1 aromatic heterocycles. The minimum atomic E-state index is -0.532. The molecule has 3 aromatic rings. The lowest BCUT2D eigenvalue weighted by Gasteiger charge is -2.10. The molecule has 0 fully saturated rings. The molecule has 156 valence electrons. The average Bonchev–Trinajstić information content (AvgIpc) is 3.12. The number of thioether (sulfide) groups is 1. The molecule has 0 saturated carbocycles.